The normalized spacial score (nSPS) is 15.5. The predicted octanol–water partition coefficient (Wildman–Crippen LogP) is 3.91. The van der Waals surface area contributed by atoms with Gasteiger partial charge in [0.1, 0.15) is 0 Å². The molecule has 2 aromatic carbocycles. The molecule has 3 nitrogen and oxygen atoms in total. The number of likely N-dealkylation sites (tertiary alicyclic amines) is 1. The van der Waals surface area contributed by atoms with Gasteiger partial charge in [-0.2, -0.15) is 5.10 Å². The zero-order chi connectivity index (χ0) is 15.6. The first kappa shape index (κ1) is 14.5. The summed E-state index contributed by atoms with van der Waals surface area (Å²) in [7, 11) is 0. The molecule has 117 valence electrons. The zero-order valence-corrected chi connectivity index (χ0v) is 13.6. The standard InChI is InChI=1S/C20H22N3/c1-16-4-6-17(7-5-16)18-8-9-20-19(14-18)15-21-23(20)13-12-22-10-2-3-11-22/h4,6-9,14-15H,2-3,10-13H2,1H3. The van der Waals surface area contributed by atoms with E-state index in [9.17, 15) is 0 Å². The lowest BCUT2D eigenvalue weighted by atomic mass is 10.0. The summed E-state index contributed by atoms with van der Waals surface area (Å²) in [6.07, 6.45) is 4.67. The molecular formula is C20H22N3. The number of hydrogen-bond acceptors (Lipinski definition) is 2. The number of aromatic nitrogens is 2. The van der Waals surface area contributed by atoms with Crippen molar-refractivity contribution in [1.82, 2.24) is 14.7 Å². The van der Waals surface area contributed by atoms with Gasteiger partial charge in [0, 0.05) is 11.9 Å². The summed E-state index contributed by atoms with van der Waals surface area (Å²) in [6, 6.07) is 16.2. The molecule has 2 heterocycles. The molecule has 1 radical (unpaired) electrons. The molecule has 1 fully saturated rings. The monoisotopic (exact) mass is 304 g/mol. The van der Waals surface area contributed by atoms with Crippen LogP contribution in [0.3, 0.4) is 0 Å². The maximum absolute atomic E-state index is 4.59. The van der Waals surface area contributed by atoms with E-state index in [4.69, 9.17) is 0 Å². The topological polar surface area (TPSA) is 21.1 Å². The van der Waals surface area contributed by atoms with Crippen molar-refractivity contribution in [3.63, 3.8) is 0 Å². The van der Waals surface area contributed by atoms with Crippen LogP contribution in [0.2, 0.25) is 0 Å². The maximum atomic E-state index is 4.59. The molecule has 0 atom stereocenters. The van der Waals surface area contributed by atoms with Gasteiger partial charge in [-0.05, 0) is 73.8 Å². The van der Waals surface area contributed by atoms with Crippen molar-refractivity contribution in [2.75, 3.05) is 19.6 Å². The largest absolute Gasteiger partial charge is 0.301 e. The third kappa shape index (κ3) is 3.02. The molecule has 23 heavy (non-hydrogen) atoms. The summed E-state index contributed by atoms with van der Waals surface area (Å²) in [4.78, 5) is 2.53. The molecule has 1 saturated heterocycles. The van der Waals surface area contributed by atoms with Gasteiger partial charge in [0.15, 0.2) is 0 Å². The molecule has 0 amide bonds. The van der Waals surface area contributed by atoms with E-state index in [0.717, 1.165) is 13.1 Å². The van der Waals surface area contributed by atoms with Crippen LogP contribution in [0, 0.1) is 13.0 Å². The fourth-order valence-corrected chi connectivity index (χ4v) is 3.37. The molecule has 0 saturated carbocycles. The van der Waals surface area contributed by atoms with Crippen LogP contribution in [0.4, 0.5) is 0 Å². The Morgan fingerprint density at radius 3 is 2.65 bits per heavy atom. The molecule has 1 aliphatic heterocycles. The first-order valence-electron chi connectivity index (χ1n) is 8.46. The van der Waals surface area contributed by atoms with E-state index in [1.807, 2.05) is 6.20 Å². The van der Waals surface area contributed by atoms with Gasteiger partial charge in [0.05, 0.1) is 18.3 Å². The summed E-state index contributed by atoms with van der Waals surface area (Å²) in [5.41, 5.74) is 4.84. The van der Waals surface area contributed by atoms with Crippen molar-refractivity contribution in [2.24, 2.45) is 0 Å². The maximum Gasteiger partial charge on any atom is 0.0683 e. The average molecular weight is 304 g/mol. The fraction of sp³-hybridized carbons (Fsp3) is 0.350. The minimum Gasteiger partial charge on any atom is -0.301 e. The molecule has 0 aliphatic carbocycles. The highest BCUT2D eigenvalue weighted by Gasteiger charge is 2.12. The Hall–Kier alpha value is -2.13. The van der Waals surface area contributed by atoms with E-state index in [1.54, 1.807) is 0 Å². The molecular weight excluding hydrogens is 282 g/mol. The van der Waals surface area contributed by atoms with E-state index < -0.39 is 0 Å². The molecule has 4 rings (SSSR count). The Morgan fingerprint density at radius 2 is 1.87 bits per heavy atom. The second-order valence-corrected chi connectivity index (χ2v) is 6.45. The van der Waals surface area contributed by atoms with Gasteiger partial charge in [0.25, 0.3) is 0 Å². The van der Waals surface area contributed by atoms with E-state index >= 15 is 0 Å². The minimum absolute atomic E-state index is 0.973. The summed E-state index contributed by atoms with van der Waals surface area (Å²) in [5, 5.41) is 5.80. The van der Waals surface area contributed by atoms with Crippen LogP contribution in [0.5, 0.6) is 0 Å². The van der Waals surface area contributed by atoms with Crippen LogP contribution < -0.4 is 0 Å². The second kappa shape index (κ2) is 6.17. The van der Waals surface area contributed by atoms with E-state index in [1.165, 1.54) is 53.5 Å². The van der Waals surface area contributed by atoms with Gasteiger partial charge in [0.2, 0.25) is 0 Å². The number of rotatable bonds is 4. The van der Waals surface area contributed by atoms with Crippen LogP contribution in [-0.2, 0) is 6.54 Å². The van der Waals surface area contributed by atoms with Crippen molar-refractivity contribution in [3.05, 3.63) is 54.2 Å². The van der Waals surface area contributed by atoms with Crippen LogP contribution in [0.25, 0.3) is 22.0 Å². The van der Waals surface area contributed by atoms with E-state index in [0.29, 0.717) is 0 Å². The summed E-state index contributed by atoms with van der Waals surface area (Å²) in [6.45, 7) is 6.63. The first-order chi connectivity index (χ1) is 11.3. The lowest BCUT2D eigenvalue weighted by Gasteiger charge is -2.14. The van der Waals surface area contributed by atoms with Crippen LogP contribution in [-0.4, -0.2) is 34.3 Å². The number of fused-ring (bicyclic) bond motifs is 1. The lowest BCUT2D eigenvalue weighted by molar-refractivity contribution is 0.318. The van der Waals surface area contributed by atoms with Gasteiger partial charge < -0.3 is 4.90 Å². The highest BCUT2D eigenvalue weighted by atomic mass is 15.3. The third-order valence-corrected chi connectivity index (χ3v) is 4.77. The number of aryl methyl sites for hydroxylation is 1. The SMILES string of the molecule is Cc1[c]cc(-c2ccc3c(cnn3CCN3CCCC3)c2)cc1. The van der Waals surface area contributed by atoms with Crippen molar-refractivity contribution in [3.8, 4) is 11.1 Å². The van der Waals surface area contributed by atoms with Crippen molar-refractivity contribution in [1.29, 1.82) is 0 Å². The van der Waals surface area contributed by atoms with Gasteiger partial charge in [-0.3, -0.25) is 4.68 Å². The van der Waals surface area contributed by atoms with E-state index in [2.05, 4.69) is 64.1 Å². The Balaban J connectivity index is 1.57. The van der Waals surface area contributed by atoms with Crippen molar-refractivity contribution >= 4 is 10.9 Å². The zero-order valence-electron chi connectivity index (χ0n) is 13.6. The van der Waals surface area contributed by atoms with Gasteiger partial charge in [-0.25, -0.2) is 0 Å². The molecule has 1 aromatic heterocycles. The Labute approximate surface area is 137 Å². The lowest BCUT2D eigenvalue weighted by Crippen LogP contribution is -2.24. The average Bonchev–Trinajstić information content (AvgIpc) is 3.22. The third-order valence-electron chi connectivity index (χ3n) is 4.77. The Kier molecular flexibility index (Phi) is 3.88. The number of benzene rings is 2. The highest BCUT2D eigenvalue weighted by molar-refractivity contribution is 5.84. The van der Waals surface area contributed by atoms with Crippen LogP contribution in [0.15, 0.2) is 42.6 Å². The van der Waals surface area contributed by atoms with E-state index in [-0.39, 0.29) is 0 Å². The predicted molar refractivity (Wildman–Crippen MR) is 94.4 cm³/mol. The van der Waals surface area contributed by atoms with Gasteiger partial charge in [-0.1, -0.05) is 18.2 Å². The highest BCUT2D eigenvalue weighted by Crippen LogP contribution is 2.24. The second-order valence-electron chi connectivity index (χ2n) is 6.45. The van der Waals surface area contributed by atoms with Crippen molar-refractivity contribution in [2.45, 2.75) is 26.3 Å². The fourth-order valence-electron chi connectivity index (χ4n) is 3.37. The molecule has 0 N–H and O–H groups in total. The molecule has 1 aliphatic rings. The molecule has 3 aromatic rings. The smallest absolute Gasteiger partial charge is 0.0683 e. The number of nitrogens with zero attached hydrogens (tertiary/aromatic N) is 3. The summed E-state index contributed by atoms with van der Waals surface area (Å²) in [5.74, 6) is 0. The first-order valence-corrected chi connectivity index (χ1v) is 8.46. The quantitative estimate of drug-likeness (QED) is 0.729. The molecule has 3 heteroatoms. The van der Waals surface area contributed by atoms with Crippen molar-refractivity contribution < 1.29 is 0 Å². The Bertz CT molecular complexity index is 795. The summed E-state index contributed by atoms with van der Waals surface area (Å²) >= 11 is 0. The van der Waals surface area contributed by atoms with Crippen LogP contribution >= 0.6 is 0 Å². The summed E-state index contributed by atoms with van der Waals surface area (Å²) < 4.78 is 2.14. The Morgan fingerprint density at radius 1 is 1.04 bits per heavy atom. The number of hydrogen-bond donors (Lipinski definition) is 0. The minimum atomic E-state index is 0.973. The molecule has 0 spiro atoms. The molecule has 0 unspecified atom stereocenters. The van der Waals surface area contributed by atoms with Crippen LogP contribution in [0.1, 0.15) is 18.4 Å². The molecule has 0 bridgehead atoms. The van der Waals surface area contributed by atoms with Gasteiger partial charge in [-0.15, -0.1) is 0 Å². The van der Waals surface area contributed by atoms with Gasteiger partial charge >= 0.3 is 0 Å².